The molecule has 2 aromatic rings. The van der Waals surface area contributed by atoms with E-state index in [4.69, 9.17) is 17.3 Å². The van der Waals surface area contributed by atoms with Crippen molar-refractivity contribution < 1.29 is 4.79 Å². The average Bonchev–Trinajstić information content (AvgIpc) is 2.67. The van der Waals surface area contributed by atoms with Gasteiger partial charge in [-0.15, -0.1) is 0 Å². The average molecular weight is 263 g/mol. The summed E-state index contributed by atoms with van der Waals surface area (Å²) in [6.45, 7) is 0. The van der Waals surface area contributed by atoms with Crippen molar-refractivity contribution in [1.29, 1.82) is 0 Å². The number of ketones is 1. The summed E-state index contributed by atoms with van der Waals surface area (Å²) in [7, 11) is 0. The molecule has 68 valence electrons. The molecule has 0 aliphatic rings. The minimum atomic E-state index is -0.0294. The van der Waals surface area contributed by atoms with E-state index in [-0.39, 0.29) is 26.2 Å². The summed E-state index contributed by atoms with van der Waals surface area (Å²) in [4.78, 5) is 11.2. The van der Waals surface area contributed by atoms with Crippen molar-refractivity contribution in [3.63, 3.8) is 0 Å². The van der Waals surface area contributed by atoms with Gasteiger partial charge in [0.25, 0.3) is 0 Å². The van der Waals surface area contributed by atoms with Crippen molar-refractivity contribution in [2.45, 2.75) is 0 Å². The Morgan fingerprint density at radius 2 is 2.54 bits per heavy atom. The summed E-state index contributed by atoms with van der Waals surface area (Å²) in [6.07, 6.45) is 0. The molecule has 2 aromatic heterocycles. The fourth-order valence-electron chi connectivity index (χ4n) is 1.04. The minimum absolute atomic E-state index is 0.0225. The number of nitrogens with two attached hydrogens (primary N) is 1. The summed E-state index contributed by atoms with van der Waals surface area (Å²) >= 11 is 5.41. The molecule has 4 nitrogen and oxygen atoms in total. The molecule has 0 saturated heterocycles. The molecule has 2 rings (SSSR count). The van der Waals surface area contributed by atoms with Gasteiger partial charge in [0.15, 0.2) is 0 Å². The van der Waals surface area contributed by atoms with Gasteiger partial charge in [0.1, 0.15) is 0 Å². The third-order valence-electron chi connectivity index (χ3n) is 1.66. The third kappa shape index (κ3) is 1.39. The van der Waals surface area contributed by atoms with Gasteiger partial charge < -0.3 is 0 Å². The molecule has 0 aliphatic carbocycles. The first-order valence-corrected chi connectivity index (χ1v) is 5.79. The van der Waals surface area contributed by atoms with E-state index in [0.717, 1.165) is 14.2 Å². The Hall–Kier alpha value is -0.771. The van der Waals surface area contributed by atoms with Crippen molar-refractivity contribution >= 4 is 47.5 Å². The fourth-order valence-corrected chi connectivity index (χ4v) is 3.35. The number of fused-ring (bicyclic) bond motifs is 1. The van der Waals surface area contributed by atoms with E-state index >= 15 is 0 Å². The molecule has 3 N–H and O–H groups in total. The summed E-state index contributed by atoms with van der Waals surface area (Å²) in [5.74, 6) is 0.500. The van der Waals surface area contributed by atoms with Crippen LogP contribution in [0.2, 0.25) is 0 Å². The summed E-state index contributed by atoms with van der Waals surface area (Å²) < 4.78 is 1.72. The van der Waals surface area contributed by atoms with Crippen LogP contribution in [0.1, 0.15) is 9.23 Å². The molecular weight excluding hydrogens is 257 g/mol. The van der Waals surface area contributed by atoms with Gasteiger partial charge in [0.2, 0.25) is 0 Å². The maximum absolute atomic E-state index is 11.2. The number of rotatable bonds is 2. The molecule has 0 bridgehead atoms. The van der Waals surface area contributed by atoms with Crippen LogP contribution < -0.4 is 5.73 Å². The van der Waals surface area contributed by atoms with Crippen LogP contribution in [0.5, 0.6) is 0 Å². The molecule has 0 aliphatic heterocycles. The molecular formula is C7H6ClN3OSe. The van der Waals surface area contributed by atoms with Crippen LogP contribution in [0.3, 0.4) is 0 Å². The topological polar surface area (TPSA) is 71.8 Å². The van der Waals surface area contributed by atoms with Crippen LogP contribution in [-0.2, 0) is 0 Å². The van der Waals surface area contributed by atoms with Gasteiger partial charge >= 0.3 is 84.6 Å². The zero-order valence-corrected chi connectivity index (χ0v) is 8.97. The van der Waals surface area contributed by atoms with Crippen LogP contribution in [0, 0.1) is 0 Å². The molecule has 0 unspecified atom stereocenters. The zero-order chi connectivity index (χ0) is 9.42. The number of nitrogens with one attached hydrogen (secondary N) is 1. The number of nitrogens with zero attached hydrogens (tertiary/aromatic N) is 1. The van der Waals surface area contributed by atoms with E-state index in [1.807, 2.05) is 0 Å². The van der Waals surface area contributed by atoms with Gasteiger partial charge in [-0.3, -0.25) is 0 Å². The Morgan fingerprint density at radius 1 is 1.77 bits per heavy atom. The van der Waals surface area contributed by atoms with E-state index in [1.165, 1.54) is 0 Å². The Labute approximate surface area is 84.8 Å². The second kappa shape index (κ2) is 3.18. The molecule has 6 heteroatoms. The molecule has 0 atom stereocenters. The second-order valence-corrected chi connectivity index (χ2v) is 4.99. The van der Waals surface area contributed by atoms with Crippen LogP contribution in [-0.4, -0.2) is 36.4 Å². The van der Waals surface area contributed by atoms with Crippen molar-refractivity contribution in [1.82, 2.24) is 10.2 Å². The third-order valence-corrected chi connectivity index (χ3v) is 4.42. The number of nitrogen functional groups attached to an aromatic ring is 1. The number of carbonyl (C=O) groups excluding carboxylic acids is 1. The monoisotopic (exact) mass is 263 g/mol. The number of aromatic amines is 1. The summed E-state index contributed by atoms with van der Waals surface area (Å²) in [5.41, 5.74) is 6.44. The van der Waals surface area contributed by atoms with Gasteiger partial charge in [-0.25, -0.2) is 0 Å². The predicted molar refractivity (Wildman–Crippen MR) is 52.5 cm³/mol. The second-order valence-electron chi connectivity index (χ2n) is 2.52. The van der Waals surface area contributed by atoms with E-state index in [2.05, 4.69) is 10.2 Å². The predicted octanol–water partition coefficient (Wildman–Crippen LogP) is 0.624. The van der Waals surface area contributed by atoms with Crippen LogP contribution in [0.25, 0.3) is 9.78 Å². The molecule has 0 amide bonds. The SMILES string of the molecule is Nc1n[nH]c2cc(C(=O)CCl)[se]c12. The van der Waals surface area contributed by atoms with Gasteiger partial charge in [-0.05, 0) is 0 Å². The van der Waals surface area contributed by atoms with Crippen molar-refractivity contribution in [2.75, 3.05) is 11.6 Å². The van der Waals surface area contributed by atoms with E-state index in [0.29, 0.717) is 5.82 Å². The molecule has 0 spiro atoms. The molecule has 0 saturated carbocycles. The van der Waals surface area contributed by atoms with Gasteiger partial charge in [-0.2, -0.15) is 0 Å². The first kappa shape index (κ1) is 8.81. The zero-order valence-electron chi connectivity index (χ0n) is 6.50. The fraction of sp³-hybridized carbons (Fsp3) is 0.143. The molecule has 0 aromatic carbocycles. The number of hydrogen-bond acceptors (Lipinski definition) is 3. The Bertz CT molecular complexity index is 461. The number of aromatic nitrogens is 2. The Morgan fingerprint density at radius 3 is 3.15 bits per heavy atom. The summed E-state index contributed by atoms with van der Waals surface area (Å²) in [6, 6.07) is 1.78. The van der Waals surface area contributed by atoms with Crippen LogP contribution >= 0.6 is 11.6 Å². The number of alkyl halides is 1. The van der Waals surface area contributed by atoms with Gasteiger partial charge in [0.05, 0.1) is 0 Å². The van der Waals surface area contributed by atoms with E-state index < -0.39 is 0 Å². The van der Waals surface area contributed by atoms with Crippen molar-refractivity contribution in [2.24, 2.45) is 0 Å². The number of hydrogen-bond donors (Lipinski definition) is 2. The molecule has 2 heterocycles. The first-order chi connectivity index (χ1) is 6.22. The Balaban J connectivity index is 2.56. The van der Waals surface area contributed by atoms with Crippen LogP contribution in [0.15, 0.2) is 6.07 Å². The summed E-state index contributed by atoms with van der Waals surface area (Å²) in [5, 5.41) is 6.60. The normalized spacial score (nSPS) is 10.8. The maximum atomic E-state index is 11.2. The van der Waals surface area contributed by atoms with E-state index in [9.17, 15) is 4.79 Å². The van der Waals surface area contributed by atoms with Crippen molar-refractivity contribution in [3.05, 3.63) is 10.5 Å². The number of halogens is 1. The molecule has 0 fully saturated rings. The van der Waals surface area contributed by atoms with E-state index in [1.54, 1.807) is 6.07 Å². The first-order valence-electron chi connectivity index (χ1n) is 3.55. The van der Waals surface area contributed by atoms with Gasteiger partial charge in [0, 0.05) is 0 Å². The van der Waals surface area contributed by atoms with Gasteiger partial charge in [-0.1, -0.05) is 0 Å². The number of carbonyl (C=O) groups is 1. The van der Waals surface area contributed by atoms with Crippen molar-refractivity contribution in [3.8, 4) is 0 Å². The standard InChI is InChI=1S/C7H6ClN3OSe/c8-2-4(12)5-1-3-6(13-5)7(9)11-10-3/h1H,2H2,(H3,9,10,11). The number of Topliss-reactive ketones (excluding diaryl/α,β-unsaturated/α-hetero) is 1. The molecule has 0 radical (unpaired) electrons. The Kier molecular flexibility index (Phi) is 2.15. The number of anilines is 1. The quantitative estimate of drug-likeness (QED) is 0.474. The molecule has 13 heavy (non-hydrogen) atoms. The number of H-pyrrole nitrogens is 1. The van der Waals surface area contributed by atoms with Crippen LogP contribution in [0.4, 0.5) is 5.82 Å².